The topological polar surface area (TPSA) is 26.3 Å². The quantitative estimate of drug-likeness (QED) is 0.473. The van der Waals surface area contributed by atoms with E-state index in [-0.39, 0.29) is 11.4 Å². The van der Waals surface area contributed by atoms with E-state index in [0.29, 0.717) is 11.8 Å². The average molecular weight is 194 g/mol. The number of fused-ring (bicyclic) bond motifs is 1. The molecular weight excluding hydrogens is 176 g/mol. The van der Waals surface area contributed by atoms with Gasteiger partial charge in [-0.15, -0.1) is 0 Å². The molecule has 2 heteroatoms. The fourth-order valence-electron chi connectivity index (χ4n) is 3.25. The van der Waals surface area contributed by atoms with Crippen molar-refractivity contribution >= 4 is 5.97 Å². The molecular formula is C12H18O2. The zero-order valence-corrected chi connectivity index (χ0v) is 8.95. The molecule has 1 fully saturated rings. The predicted molar refractivity (Wildman–Crippen MR) is 54.7 cm³/mol. The number of allylic oxidation sites excluding steroid dienone is 2. The second kappa shape index (κ2) is 3.41. The van der Waals surface area contributed by atoms with Crippen molar-refractivity contribution in [1.82, 2.24) is 0 Å². The van der Waals surface area contributed by atoms with Gasteiger partial charge in [0, 0.05) is 0 Å². The summed E-state index contributed by atoms with van der Waals surface area (Å²) >= 11 is 0. The molecule has 2 aliphatic rings. The SMILES string of the molecule is COC(=O)[C@]12CC=CC[C@@H]1C[C@H](C)C2. The third-order valence-electron chi connectivity index (χ3n) is 3.84. The number of rotatable bonds is 1. The fourth-order valence-corrected chi connectivity index (χ4v) is 3.25. The first-order chi connectivity index (χ1) is 6.69. The molecule has 0 bridgehead atoms. The number of hydrogen-bond acceptors (Lipinski definition) is 2. The summed E-state index contributed by atoms with van der Waals surface area (Å²) in [6.45, 7) is 2.24. The highest BCUT2D eigenvalue weighted by molar-refractivity contribution is 5.78. The summed E-state index contributed by atoms with van der Waals surface area (Å²) < 4.78 is 4.97. The van der Waals surface area contributed by atoms with Crippen molar-refractivity contribution in [2.75, 3.05) is 7.11 Å². The zero-order chi connectivity index (χ0) is 10.2. The van der Waals surface area contributed by atoms with Gasteiger partial charge in [0.15, 0.2) is 0 Å². The Hall–Kier alpha value is -0.790. The van der Waals surface area contributed by atoms with E-state index in [1.807, 2.05) is 0 Å². The van der Waals surface area contributed by atoms with Gasteiger partial charge in [0.1, 0.15) is 0 Å². The molecule has 0 aromatic rings. The molecule has 2 aliphatic carbocycles. The fraction of sp³-hybridized carbons (Fsp3) is 0.750. The molecule has 0 aliphatic heterocycles. The van der Waals surface area contributed by atoms with Crippen molar-refractivity contribution in [2.24, 2.45) is 17.3 Å². The minimum absolute atomic E-state index is 0.0104. The maximum absolute atomic E-state index is 11.9. The summed E-state index contributed by atoms with van der Waals surface area (Å²) in [6, 6.07) is 0. The molecule has 0 aromatic heterocycles. The highest BCUT2D eigenvalue weighted by Gasteiger charge is 2.51. The van der Waals surface area contributed by atoms with Crippen LogP contribution < -0.4 is 0 Å². The molecule has 14 heavy (non-hydrogen) atoms. The summed E-state index contributed by atoms with van der Waals surface area (Å²) in [5.41, 5.74) is -0.178. The van der Waals surface area contributed by atoms with Crippen LogP contribution in [0, 0.1) is 17.3 Å². The number of methoxy groups -OCH3 is 1. The second-order valence-corrected chi connectivity index (χ2v) is 4.80. The summed E-state index contributed by atoms with van der Waals surface area (Å²) in [7, 11) is 1.51. The van der Waals surface area contributed by atoms with Crippen LogP contribution in [0.2, 0.25) is 0 Å². The summed E-state index contributed by atoms with van der Waals surface area (Å²) in [5, 5.41) is 0. The molecule has 0 spiro atoms. The Morgan fingerprint density at radius 3 is 3.00 bits per heavy atom. The smallest absolute Gasteiger partial charge is 0.312 e. The van der Waals surface area contributed by atoms with Crippen LogP contribution in [0.15, 0.2) is 12.2 Å². The van der Waals surface area contributed by atoms with Crippen LogP contribution >= 0.6 is 0 Å². The molecule has 1 saturated carbocycles. The maximum atomic E-state index is 11.9. The first kappa shape index (κ1) is 9.75. The maximum Gasteiger partial charge on any atom is 0.312 e. The van der Waals surface area contributed by atoms with E-state index in [9.17, 15) is 4.79 Å². The number of hydrogen-bond donors (Lipinski definition) is 0. The molecule has 2 nitrogen and oxygen atoms in total. The van der Waals surface area contributed by atoms with Crippen LogP contribution in [-0.4, -0.2) is 13.1 Å². The Morgan fingerprint density at radius 2 is 2.29 bits per heavy atom. The first-order valence-electron chi connectivity index (χ1n) is 5.42. The van der Waals surface area contributed by atoms with Crippen molar-refractivity contribution in [3.05, 3.63) is 12.2 Å². The van der Waals surface area contributed by atoms with Gasteiger partial charge in [-0.1, -0.05) is 19.1 Å². The van der Waals surface area contributed by atoms with E-state index < -0.39 is 0 Å². The Balaban J connectivity index is 2.28. The number of ether oxygens (including phenoxy) is 1. The van der Waals surface area contributed by atoms with Crippen LogP contribution in [0.1, 0.15) is 32.6 Å². The van der Waals surface area contributed by atoms with Crippen molar-refractivity contribution in [2.45, 2.75) is 32.6 Å². The van der Waals surface area contributed by atoms with Gasteiger partial charge in [-0.05, 0) is 37.5 Å². The van der Waals surface area contributed by atoms with E-state index in [1.165, 1.54) is 13.5 Å². The van der Waals surface area contributed by atoms with Gasteiger partial charge in [-0.2, -0.15) is 0 Å². The van der Waals surface area contributed by atoms with Crippen LogP contribution in [0.4, 0.5) is 0 Å². The Morgan fingerprint density at radius 1 is 1.50 bits per heavy atom. The van der Waals surface area contributed by atoms with Gasteiger partial charge >= 0.3 is 5.97 Å². The molecule has 0 heterocycles. The second-order valence-electron chi connectivity index (χ2n) is 4.80. The van der Waals surface area contributed by atoms with Gasteiger partial charge in [0.25, 0.3) is 0 Å². The van der Waals surface area contributed by atoms with E-state index in [2.05, 4.69) is 19.1 Å². The molecule has 2 rings (SSSR count). The standard InChI is InChI=1S/C12H18O2/c1-9-7-10-5-3-4-6-12(10,8-9)11(13)14-2/h3-4,9-10H,5-8H2,1-2H3/t9-,10+,12-/m0/s1. The van der Waals surface area contributed by atoms with Crippen LogP contribution in [0.25, 0.3) is 0 Å². The normalized spacial score (nSPS) is 40.7. The lowest BCUT2D eigenvalue weighted by Gasteiger charge is -2.33. The monoisotopic (exact) mass is 194 g/mol. The third-order valence-corrected chi connectivity index (χ3v) is 3.84. The van der Waals surface area contributed by atoms with Gasteiger partial charge in [0.2, 0.25) is 0 Å². The largest absolute Gasteiger partial charge is 0.469 e. The molecule has 0 N–H and O–H groups in total. The van der Waals surface area contributed by atoms with Gasteiger partial charge in [0.05, 0.1) is 12.5 Å². The van der Waals surface area contributed by atoms with Crippen molar-refractivity contribution < 1.29 is 9.53 Å². The molecule has 3 atom stereocenters. The Kier molecular flexibility index (Phi) is 2.38. The number of carbonyl (C=O) groups excluding carboxylic acids is 1. The average Bonchev–Trinajstić information content (AvgIpc) is 2.53. The lowest BCUT2D eigenvalue weighted by atomic mass is 9.71. The Bertz CT molecular complexity index is 269. The van der Waals surface area contributed by atoms with E-state index >= 15 is 0 Å². The van der Waals surface area contributed by atoms with E-state index in [1.54, 1.807) is 0 Å². The van der Waals surface area contributed by atoms with Crippen molar-refractivity contribution in [1.29, 1.82) is 0 Å². The van der Waals surface area contributed by atoms with Crippen molar-refractivity contribution in [3.63, 3.8) is 0 Å². The van der Waals surface area contributed by atoms with Gasteiger partial charge in [-0.25, -0.2) is 0 Å². The third kappa shape index (κ3) is 1.28. The predicted octanol–water partition coefficient (Wildman–Crippen LogP) is 2.54. The minimum atomic E-state index is -0.178. The minimum Gasteiger partial charge on any atom is -0.469 e. The van der Waals surface area contributed by atoms with Crippen LogP contribution in [0.3, 0.4) is 0 Å². The Labute approximate surface area is 85.3 Å². The molecule has 0 unspecified atom stereocenters. The van der Waals surface area contributed by atoms with Crippen LogP contribution in [0.5, 0.6) is 0 Å². The summed E-state index contributed by atoms with van der Waals surface area (Å²) in [6.07, 6.45) is 8.48. The van der Waals surface area contributed by atoms with E-state index in [0.717, 1.165) is 19.3 Å². The van der Waals surface area contributed by atoms with Gasteiger partial charge < -0.3 is 4.74 Å². The summed E-state index contributed by atoms with van der Waals surface area (Å²) in [5.74, 6) is 1.20. The molecule has 0 amide bonds. The van der Waals surface area contributed by atoms with Crippen molar-refractivity contribution in [3.8, 4) is 0 Å². The highest BCUT2D eigenvalue weighted by Crippen LogP contribution is 2.53. The lowest BCUT2D eigenvalue weighted by Crippen LogP contribution is -2.36. The molecule has 78 valence electrons. The summed E-state index contributed by atoms with van der Waals surface area (Å²) in [4.78, 5) is 11.9. The molecule has 0 radical (unpaired) electrons. The first-order valence-corrected chi connectivity index (χ1v) is 5.42. The number of esters is 1. The zero-order valence-electron chi connectivity index (χ0n) is 8.95. The van der Waals surface area contributed by atoms with E-state index in [4.69, 9.17) is 4.74 Å². The molecule has 0 aromatic carbocycles. The van der Waals surface area contributed by atoms with Crippen LogP contribution in [-0.2, 0) is 9.53 Å². The lowest BCUT2D eigenvalue weighted by molar-refractivity contribution is -0.155. The highest BCUT2D eigenvalue weighted by atomic mass is 16.5. The number of carbonyl (C=O) groups is 1. The van der Waals surface area contributed by atoms with Gasteiger partial charge in [-0.3, -0.25) is 4.79 Å². The molecule has 0 saturated heterocycles.